The van der Waals surface area contributed by atoms with Gasteiger partial charge in [-0.2, -0.15) is 12.6 Å². The fourth-order valence-electron chi connectivity index (χ4n) is 0.580. The lowest BCUT2D eigenvalue weighted by molar-refractivity contribution is -0.137. The van der Waals surface area contributed by atoms with E-state index >= 15 is 0 Å². The van der Waals surface area contributed by atoms with Crippen molar-refractivity contribution in [3.8, 4) is 0 Å². The molecule has 0 amide bonds. The van der Waals surface area contributed by atoms with Crippen molar-refractivity contribution < 1.29 is 9.90 Å². The van der Waals surface area contributed by atoms with E-state index < -0.39 is 12.0 Å². The predicted molar refractivity (Wildman–Crippen MR) is 45.0 cm³/mol. The number of nitrogens with one attached hydrogen (secondary N) is 1. The maximum atomic E-state index is 10.4. The Labute approximate surface area is 69.4 Å². The fourth-order valence-corrected chi connectivity index (χ4v) is 0.818. The first-order valence-electron chi connectivity index (χ1n) is 3.08. The van der Waals surface area contributed by atoms with Crippen LogP contribution in [-0.2, 0) is 4.79 Å². The van der Waals surface area contributed by atoms with E-state index in [4.69, 9.17) is 5.11 Å². The predicted octanol–water partition coefficient (Wildman–Crippen LogP) is -0.115. The normalized spacial score (nSPS) is 20.6. The van der Waals surface area contributed by atoms with Crippen molar-refractivity contribution in [3.05, 3.63) is 12.3 Å². The molecule has 11 heavy (non-hydrogen) atoms. The Kier molecular flexibility index (Phi) is 2.53. The first-order valence-corrected chi connectivity index (χ1v) is 3.72. The zero-order valence-corrected chi connectivity index (χ0v) is 6.58. The molecule has 0 bridgehead atoms. The van der Waals surface area contributed by atoms with Gasteiger partial charge in [0.2, 0.25) is 0 Å². The maximum absolute atomic E-state index is 10.4. The highest BCUT2D eigenvalue weighted by molar-refractivity contribution is 7.80. The summed E-state index contributed by atoms with van der Waals surface area (Å²) in [5.41, 5.74) is 0. The van der Waals surface area contributed by atoms with Crippen molar-refractivity contribution >= 4 is 24.4 Å². The van der Waals surface area contributed by atoms with E-state index in [-0.39, 0.29) is 5.75 Å². The van der Waals surface area contributed by atoms with Gasteiger partial charge in [0.25, 0.3) is 0 Å². The molecule has 0 spiro atoms. The largest absolute Gasteiger partial charge is 0.480 e. The van der Waals surface area contributed by atoms with Crippen molar-refractivity contribution in [2.24, 2.45) is 4.99 Å². The van der Waals surface area contributed by atoms with Crippen molar-refractivity contribution in [3.63, 3.8) is 0 Å². The van der Waals surface area contributed by atoms with Gasteiger partial charge in [0.15, 0.2) is 6.04 Å². The summed E-state index contributed by atoms with van der Waals surface area (Å²) in [6, 6.07) is -0.745. The number of carboxylic acids is 1. The Morgan fingerprint density at radius 1 is 1.91 bits per heavy atom. The van der Waals surface area contributed by atoms with Crippen molar-refractivity contribution in [2.45, 2.75) is 6.04 Å². The molecule has 0 unspecified atom stereocenters. The first kappa shape index (κ1) is 8.13. The second-order valence-electron chi connectivity index (χ2n) is 2.03. The maximum Gasteiger partial charge on any atom is 0.329 e. The number of carbonyl (C=O) groups is 1. The average Bonchev–Trinajstić information content (AvgIpc) is 1.85. The van der Waals surface area contributed by atoms with Crippen LogP contribution in [0.1, 0.15) is 0 Å². The number of rotatable bonds is 3. The summed E-state index contributed by atoms with van der Waals surface area (Å²) in [7, 11) is 0. The van der Waals surface area contributed by atoms with Gasteiger partial charge in [-0.05, 0) is 6.08 Å². The molecule has 1 aliphatic heterocycles. The van der Waals surface area contributed by atoms with Crippen LogP contribution < -0.4 is 5.32 Å². The summed E-state index contributed by atoms with van der Waals surface area (Å²) in [5, 5.41) is 11.3. The first-order chi connectivity index (χ1) is 5.24. The zero-order valence-electron chi connectivity index (χ0n) is 5.69. The third-order valence-electron chi connectivity index (χ3n) is 1.23. The van der Waals surface area contributed by atoms with Crippen LogP contribution in [0.5, 0.6) is 0 Å². The second kappa shape index (κ2) is 3.43. The van der Waals surface area contributed by atoms with E-state index in [0.29, 0.717) is 5.84 Å². The molecular weight excluding hydrogens is 164 g/mol. The monoisotopic (exact) mass is 172 g/mol. The smallest absolute Gasteiger partial charge is 0.329 e. The lowest BCUT2D eigenvalue weighted by Crippen LogP contribution is -2.29. The van der Waals surface area contributed by atoms with E-state index in [0.717, 1.165) is 0 Å². The second-order valence-corrected chi connectivity index (χ2v) is 2.39. The Hall–Kier alpha value is -0.970. The number of thiol groups is 1. The van der Waals surface area contributed by atoms with Crippen LogP contribution >= 0.6 is 12.6 Å². The molecule has 0 radical (unpaired) electrons. The molecule has 0 saturated heterocycles. The fraction of sp³-hybridized carbons (Fsp3) is 0.333. The van der Waals surface area contributed by atoms with Gasteiger partial charge in [0, 0.05) is 12.0 Å². The van der Waals surface area contributed by atoms with Crippen molar-refractivity contribution in [2.75, 3.05) is 5.75 Å². The molecule has 1 heterocycles. The molecule has 0 aromatic carbocycles. The molecule has 1 rings (SSSR count). The number of hydrogen-bond donors (Lipinski definition) is 3. The van der Waals surface area contributed by atoms with Crippen LogP contribution in [-0.4, -0.2) is 28.7 Å². The van der Waals surface area contributed by atoms with E-state index in [1.807, 2.05) is 0 Å². The number of amidine groups is 1. The van der Waals surface area contributed by atoms with Gasteiger partial charge in [-0.15, -0.1) is 0 Å². The number of carboxylic acid groups (broad SMARTS) is 1. The summed E-state index contributed by atoms with van der Waals surface area (Å²) in [6.07, 6.45) is 3.40. The summed E-state index contributed by atoms with van der Waals surface area (Å²) >= 11 is 3.85. The number of nitrogens with zero attached hydrogens (tertiary/aromatic N) is 1. The SMILES string of the molecule is O=C(O)[C@H](CS)N=C1C=CN1. The molecule has 1 aliphatic rings. The Morgan fingerprint density at radius 3 is 2.82 bits per heavy atom. The molecule has 0 saturated carbocycles. The van der Waals surface area contributed by atoms with Crippen molar-refractivity contribution in [1.82, 2.24) is 5.32 Å². The van der Waals surface area contributed by atoms with Gasteiger partial charge in [0.1, 0.15) is 5.84 Å². The Balaban J connectivity index is 2.56. The van der Waals surface area contributed by atoms with E-state index in [2.05, 4.69) is 22.9 Å². The van der Waals surface area contributed by atoms with Crippen LogP contribution in [0.3, 0.4) is 0 Å². The molecule has 4 nitrogen and oxygen atoms in total. The Bertz CT molecular complexity index is 225. The third-order valence-corrected chi connectivity index (χ3v) is 1.57. The lowest BCUT2D eigenvalue weighted by atomic mass is 10.3. The van der Waals surface area contributed by atoms with Crippen LogP contribution in [0.25, 0.3) is 0 Å². The topological polar surface area (TPSA) is 61.7 Å². The molecule has 0 fully saturated rings. The van der Waals surface area contributed by atoms with Gasteiger partial charge < -0.3 is 10.4 Å². The quantitative estimate of drug-likeness (QED) is 0.520. The molecule has 0 aliphatic carbocycles. The number of hydrogen-bond acceptors (Lipinski definition) is 3. The molecule has 2 N–H and O–H groups in total. The third kappa shape index (κ3) is 1.98. The summed E-state index contributed by atoms with van der Waals surface area (Å²) in [5.74, 6) is -0.130. The minimum Gasteiger partial charge on any atom is -0.480 e. The zero-order chi connectivity index (χ0) is 8.27. The molecule has 5 heteroatoms. The molecule has 60 valence electrons. The molecular formula is C6H8N2O2S. The standard InChI is InChI=1S/C6H8N2O2S/c9-6(10)4(3-11)8-5-1-2-7-5/h1-2,4,11H,3H2,(H,7,8)(H,9,10)/t4-/m0/s1. The van der Waals surface area contributed by atoms with E-state index in [9.17, 15) is 4.79 Å². The summed E-state index contributed by atoms with van der Waals surface area (Å²) in [6.45, 7) is 0. The van der Waals surface area contributed by atoms with Crippen LogP contribution in [0, 0.1) is 0 Å². The Morgan fingerprint density at radius 2 is 2.55 bits per heavy atom. The summed E-state index contributed by atoms with van der Waals surface area (Å²) < 4.78 is 0. The van der Waals surface area contributed by atoms with E-state index in [1.54, 1.807) is 12.3 Å². The van der Waals surface area contributed by atoms with Gasteiger partial charge in [-0.1, -0.05) is 0 Å². The highest BCUT2D eigenvalue weighted by Gasteiger charge is 2.15. The lowest BCUT2D eigenvalue weighted by Gasteiger charge is -2.11. The molecule has 0 aromatic heterocycles. The van der Waals surface area contributed by atoms with Gasteiger partial charge >= 0.3 is 5.97 Å². The molecule has 1 atom stereocenters. The van der Waals surface area contributed by atoms with E-state index in [1.165, 1.54) is 0 Å². The number of aliphatic imine (C=N–C) groups is 1. The van der Waals surface area contributed by atoms with Gasteiger partial charge in [-0.3, -0.25) is 4.99 Å². The van der Waals surface area contributed by atoms with Crippen LogP contribution in [0.2, 0.25) is 0 Å². The van der Waals surface area contributed by atoms with Gasteiger partial charge in [0.05, 0.1) is 0 Å². The molecule has 0 aromatic rings. The average molecular weight is 172 g/mol. The highest BCUT2D eigenvalue weighted by atomic mass is 32.1. The van der Waals surface area contributed by atoms with Crippen LogP contribution in [0.4, 0.5) is 0 Å². The number of aliphatic carboxylic acids is 1. The van der Waals surface area contributed by atoms with Gasteiger partial charge in [-0.25, -0.2) is 4.79 Å². The minimum absolute atomic E-state index is 0.217. The minimum atomic E-state index is -0.949. The highest BCUT2D eigenvalue weighted by Crippen LogP contribution is 1.98. The van der Waals surface area contributed by atoms with Crippen LogP contribution in [0.15, 0.2) is 17.3 Å². The summed E-state index contributed by atoms with van der Waals surface area (Å²) in [4.78, 5) is 14.2. The van der Waals surface area contributed by atoms with Crippen molar-refractivity contribution in [1.29, 1.82) is 0 Å².